The van der Waals surface area contributed by atoms with E-state index in [1.54, 1.807) is 11.0 Å². The first-order valence-corrected chi connectivity index (χ1v) is 9.32. The highest BCUT2D eigenvalue weighted by atomic mass is 35.5. The van der Waals surface area contributed by atoms with Crippen LogP contribution in [0, 0.1) is 5.92 Å². The Balaban J connectivity index is 1.96. The molecule has 0 aliphatic carbocycles. The van der Waals surface area contributed by atoms with Crippen molar-refractivity contribution in [2.24, 2.45) is 5.92 Å². The first-order valence-electron chi connectivity index (χ1n) is 7.12. The normalized spacial score (nSPS) is 20.4. The average Bonchev–Trinajstić information content (AvgIpc) is 2.75. The highest BCUT2D eigenvalue weighted by Crippen LogP contribution is 2.23. The maximum Gasteiger partial charge on any atom is 0.223 e. The van der Waals surface area contributed by atoms with Crippen LogP contribution in [0.3, 0.4) is 0 Å². The van der Waals surface area contributed by atoms with Gasteiger partial charge in [-0.05, 0) is 37.0 Å². The number of carbonyl (C=O) groups is 1. The lowest BCUT2D eigenvalue weighted by atomic mass is 10.0. The molecular weight excluding hydrogens is 310 g/mol. The number of rotatable bonds is 5. The largest absolute Gasteiger partial charge is 0.339 e. The summed E-state index contributed by atoms with van der Waals surface area (Å²) in [5.74, 6) is 0.342. The molecule has 1 aromatic rings. The molecule has 6 heteroatoms. The Bertz CT molecular complexity index is 615. The van der Waals surface area contributed by atoms with Crippen LogP contribution in [0.4, 0.5) is 0 Å². The molecule has 0 spiro atoms. The van der Waals surface area contributed by atoms with Gasteiger partial charge >= 0.3 is 0 Å². The van der Waals surface area contributed by atoms with Crippen molar-refractivity contribution in [3.63, 3.8) is 0 Å². The fourth-order valence-corrected chi connectivity index (χ4v) is 4.72. The maximum atomic E-state index is 12.3. The highest BCUT2D eigenvalue weighted by Gasteiger charge is 2.30. The Morgan fingerprint density at radius 2 is 2.19 bits per heavy atom. The van der Waals surface area contributed by atoms with E-state index in [-0.39, 0.29) is 23.3 Å². The Kier molecular flexibility index (Phi) is 5.27. The maximum absolute atomic E-state index is 12.3. The van der Waals surface area contributed by atoms with Gasteiger partial charge in [0.2, 0.25) is 5.91 Å². The Hall–Kier alpha value is -1.07. The van der Waals surface area contributed by atoms with Crippen LogP contribution in [0.1, 0.15) is 25.3 Å². The topological polar surface area (TPSA) is 54.5 Å². The second-order valence-corrected chi connectivity index (χ2v) is 8.18. The van der Waals surface area contributed by atoms with Crippen molar-refractivity contribution < 1.29 is 13.2 Å². The second-order valence-electron chi connectivity index (χ2n) is 5.51. The van der Waals surface area contributed by atoms with Crippen molar-refractivity contribution in [2.75, 3.05) is 18.1 Å². The molecule has 0 N–H and O–H groups in total. The number of hydrogen-bond acceptors (Lipinski definition) is 3. The molecule has 21 heavy (non-hydrogen) atoms. The van der Waals surface area contributed by atoms with Gasteiger partial charge in [0.15, 0.2) is 9.84 Å². The molecule has 4 nitrogen and oxygen atoms in total. The van der Waals surface area contributed by atoms with Crippen LogP contribution >= 0.6 is 11.6 Å². The number of sulfone groups is 1. The third kappa shape index (κ3) is 4.71. The molecule has 0 aromatic heterocycles. The molecule has 116 valence electrons. The van der Waals surface area contributed by atoms with Gasteiger partial charge in [-0.2, -0.15) is 0 Å². The molecule has 1 heterocycles. The van der Waals surface area contributed by atoms with Crippen LogP contribution in [-0.2, 0) is 21.2 Å². The van der Waals surface area contributed by atoms with Crippen LogP contribution in [0.25, 0.3) is 0 Å². The van der Waals surface area contributed by atoms with Crippen LogP contribution < -0.4 is 0 Å². The van der Waals surface area contributed by atoms with Gasteiger partial charge in [-0.3, -0.25) is 4.79 Å². The van der Waals surface area contributed by atoms with E-state index < -0.39 is 9.84 Å². The molecule has 0 bridgehead atoms. The summed E-state index contributed by atoms with van der Waals surface area (Å²) in [6, 6.07) is 7.44. The van der Waals surface area contributed by atoms with E-state index in [1.165, 1.54) is 0 Å². The summed E-state index contributed by atoms with van der Waals surface area (Å²) in [7, 11) is -2.93. The highest BCUT2D eigenvalue weighted by molar-refractivity contribution is 7.91. The van der Waals surface area contributed by atoms with Crippen molar-refractivity contribution >= 4 is 27.3 Å². The number of halogens is 1. The Morgan fingerprint density at radius 3 is 2.76 bits per heavy atom. The quantitative estimate of drug-likeness (QED) is 0.834. The van der Waals surface area contributed by atoms with Crippen LogP contribution in [0.2, 0.25) is 5.02 Å². The van der Waals surface area contributed by atoms with Gasteiger partial charge < -0.3 is 4.90 Å². The summed E-state index contributed by atoms with van der Waals surface area (Å²) in [6.45, 7) is 3.04. The van der Waals surface area contributed by atoms with Gasteiger partial charge in [0.1, 0.15) is 0 Å². The second kappa shape index (κ2) is 6.79. The first kappa shape index (κ1) is 16.3. The molecule has 1 amide bonds. The van der Waals surface area contributed by atoms with Crippen LogP contribution in [0.5, 0.6) is 0 Å². The minimum absolute atomic E-state index is 0.0135. The molecule has 2 rings (SSSR count). The SMILES string of the molecule is CCN(Cc1cccc(Cl)c1)C(=O)CC1CCS(=O)(=O)C1. The van der Waals surface area contributed by atoms with Gasteiger partial charge in [0.05, 0.1) is 11.5 Å². The van der Waals surface area contributed by atoms with Crippen molar-refractivity contribution in [1.82, 2.24) is 4.90 Å². The molecule has 1 aliphatic rings. The molecule has 1 saturated heterocycles. The summed E-state index contributed by atoms with van der Waals surface area (Å²) < 4.78 is 22.9. The lowest BCUT2D eigenvalue weighted by molar-refractivity contribution is -0.132. The summed E-state index contributed by atoms with van der Waals surface area (Å²) in [6.07, 6.45) is 0.913. The van der Waals surface area contributed by atoms with Gasteiger partial charge in [-0.15, -0.1) is 0 Å². The zero-order valence-electron chi connectivity index (χ0n) is 12.1. The predicted octanol–water partition coefficient (Wildman–Crippen LogP) is 2.51. The molecule has 1 aliphatic heterocycles. The van der Waals surface area contributed by atoms with E-state index in [9.17, 15) is 13.2 Å². The number of amides is 1. The molecule has 1 atom stereocenters. The molecule has 1 aromatic carbocycles. The molecular formula is C15H20ClNO3S. The summed E-state index contributed by atoms with van der Waals surface area (Å²) in [5, 5.41) is 0.651. The van der Waals surface area contributed by atoms with Crippen molar-refractivity contribution in [1.29, 1.82) is 0 Å². The van der Waals surface area contributed by atoms with Crippen molar-refractivity contribution in [3.8, 4) is 0 Å². The zero-order chi connectivity index (χ0) is 15.5. The summed E-state index contributed by atoms with van der Waals surface area (Å²) in [5.41, 5.74) is 0.983. The third-order valence-electron chi connectivity index (χ3n) is 3.79. The summed E-state index contributed by atoms with van der Waals surface area (Å²) in [4.78, 5) is 14.1. The van der Waals surface area contributed by atoms with E-state index >= 15 is 0 Å². The molecule has 0 radical (unpaired) electrons. The van der Waals surface area contributed by atoms with Crippen molar-refractivity contribution in [3.05, 3.63) is 34.9 Å². The number of hydrogen-bond donors (Lipinski definition) is 0. The van der Waals surface area contributed by atoms with Crippen LogP contribution in [0.15, 0.2) is 24.3 Å². The van der Waals surface area contributed by atoms with E-state index in [1.807, 2.05) is 25.1 Å². The van der Waals surface area contributed by atoms with E-state index in [4.69, 9.17) is 11.6 Å². The lowest BCUT2D eigenvalue weighted by Crippen LogP contribution is -2.31. The molecule has 0 saturated carbocycles. The monoisotopic (exact) mass is 329 g/mol. The average molecular weight is 330 g/mol. The van der Waals surface area contributed by atoms with Gasteiger partial charge in [-0.1, -0.05) is 23.7 Å². The Labute approximate surface area is 131 Å². The standard InChI is InChI=1S/C15H20ClNO3S/c1-2-17(10-12-4-3-5-14(16)8-12)15(18)9-13-6-7-21(19,20)11-13/h3-5,8,13H,2,6-7,9-11H2,1H3. The minimum Gasteiger partial charge on any atom is -0.339 e. The lowest BCUT2D eigenvalue weighted by Gasteiger charge is -2.22. The Morgan fingerprint density at radius 1 is 1.43 bits per heavy atom. The summed E-state index contributed by atoms with van der Waals surface area (Å²) >= 11 is 5.95. The van der Waals surface area contributed by atoms with E-state index in [2.05, 4.69) is 0 Å². The number of nitrogens with zero attached hydrogens (tertiary/aromatic N) is 1. The number of carbonyl (C=O) groups excluding carboxylic acids is 1. The molecule has 1 fully saturated rings. The van der Waals surface area contributed by atoms with Crippen LogP contribution in [-0.4, -0.2) is 37.3 Å². The van der Waals surface area contributed by atoms with E-state index in [0.717, 1.165) is 5.56 Å². The van der Waals surface area contributed by atoms with E-state index in [0.29, 0.717) is 31.0 Å². The van der Waals surface area contributed by atoms with Gasteiger partial charge in [0, 0.05) is 24.5 Å². The number of benzene rings is 1. The fraction of sp³-hybridized carbons (Fsp3) is 0.533. The predicted molar refractivity (Wildman–Crippen MR) is 83.9 cm³/mol. The van der Waals surface area contributed by atoms with Gasteiger partial charge in [-0.25, -0.2) is 8.42 Å². The minimum atomic E-state index is -2.93. The zero-order valence-corrected chi connectivity index (χ0v) is 13.7. The smallest absolute Gasteiger partial charge is 0.223 e. The van der Waals surface area contributed by atoms with Gasteiger partial charge in [0.25, 0.3) is 0 Å². The first-order chi connectivity index (χ1) is 9.89. The molecule has 1 unspecified atom stereocenters. The fourth-order valence-electron chi connectivity index (χ4n) is 2.64. The van der Waals surface area contributed by atoms with Crippen molar-refractivity contribution in [2.45, 2.75) is 26.3 Å². The third-order valence-corrected chi connectivity index (χ3v) is 5.86.